The summed E-state index contributed by atoms with van der Waals surface area (Å²) in [6.45, 7) is 2.24. The van der Waals surface area contributed by atoms with Crippen LogP contribution in [0.1, 0.15) is 12.8 Å². The highest BCUT2D eigenvalue weighted by Gasteiger charge is 2.20. The van der Waals surface area contributed by atoms with Crippen molar-refractivity contribution in [2.75, 3.05) is 49.8 Å². The van der Waals surface area contributed by atoms with Gasteiger partial charge in [0.2, 0.25) is 0 Å². The first kappa shape index (κ1) is 16.5. The molecule has 6 heteroatoms. The monoisotopic (exact) mass is 326 g/mol. The number of aromatic nitrogens is 2. The van der Waals surface area contributed by atoms with Crippen LogP contribution in [0.3, 0.4) is 0 Å². The molecule has 1 aromatic carbocycles. The van der Waals surface area contributed by atoms with E-state index in [-0.39, 0.29) is 0 Å². The molecule has 1 fully saturated rings. The number of piperidine rings is 1. The summed E-state index contributed by atoms with van der Waals surface area (Å²) in [5.41, 5.74) is 2.32. The molecule has 128 valence electrons. The van der Waals surface area contributed by atoms with E-state index in [4.69, 9.17) is 0 Å². The molecular formula is C18H26N6. The lowest BCUT2D eigenvalue weighted by Crippen LogP contribution is -2.41. The van der Waals surface area contributed by atoms with Crippen LogP contribution in [0.2, 0.25) is 0 Å². The van der Waals surface area contributed by atoms with Gasteiger partial charge in [0.05, 0.1) is 0 Å². The molecule has 2 heterocycles. The number of benzene rings is 1. The maximum absolute atomic E-state index is 4.24. The fourth-order valence-corrected chi connectivity index (χ4v) is 3.11. The van der Waals surface area contributed by atoms with Gasteiger partial charge >= 0.3 is 0 Å². The van der Waals surface area contributed by atoms with Crippen LogP contribution in [0.5, 0.6) is 0 Å². The van der Waals surface area contributed by atoms with Gasteiger partial charge in [0.15, 0.2) is 0 Å². The van der Waals surface area contributed by atoms with Gasteiger partial charge in [-0.2, -0.15) is 0 Å². The summed E-state index contributed by atoms with van der Waals surface area (Å²) in [6.07, 6.45) is 4.00. The second-order valence-electron chi connectivity index (χ2n) is 6.39. The molecule has 1 aliphatic rings. The molecule has 0 unspecified atom stereocenters. The van der Waals surface area contributed by atoms with E-state index in [1.54, 1.807) is 6.33 Å². The molecule has 24 heavy (non-hydrogen) atoms. The largest absolute Gasteiger partial charge is 0.373 e. The summed E-state index contributed by atoms with van der Waals surface area (Å²) in [6, 6.07) is 11.2. The SMILES string of the molecule is CNc1cc(Nc2ccc(N3CCC(N(C)C)CC3)cc2)ncn1. The van der Waals surface area contributed by atoms with Crippen LogP contribution in [-0.2, 0) is 0 Å². The topological polar surface area (TPSA) is 56.3 Å². The van der Waals surface area contributed by atoms with Crippen molar-refractivity contribution in [1.82, 2.24) is 14.9 Å². The van der Waals surface area contributed by atoms with E-state index in [2.05, 4.69) is 68.8 Å². The molecule has 2 N–H and O–H groups in total. The predicted octanol–water partition coefficient (Wildman–Crippen LogP) is 2.79. The Balaban J connectivity index is 1.61. The lowest BCUT2D eigenvalue weighted by atomic mass is 10.0. The third-order valence-electron chi connectivity index (χ3n) is 4.62. The first-order valence-corrected chi connectivity index (χ1v) is 8.44. The maximum atomic E-state index is 4.24. The molecule has 0 bridgehead atoms. The Morgan fingerprint density at radius 3 is 2.33 bits per heavy atom. The van der Waals surface area contributed by atoms with Crippen molar-refractivity contribution in [3.05, 3.63) is 36.7 Å². The first-order valence-electron chi connectivity index (χ1n) is 8.44. The lowest BCUT2D eigenvalue weighted by Gasteiger charge is -2.36. The molecule has 0 radical (unpaired) electrons. The number of anilines is 4. The number of hydrogen-bond acceptors (Lipinski definition) is 6. The fraction of sp³-hybridized carbons (Fsp3) is 0.444. The zero-order valence-corrected chi connectivity index (χ0v) is 14.7. The molecule has 1 saturated heterocycles. The highest BCUT2D eigenvalue weighted by Crippen LogP contribution is 2.24. The van der Waals surface area contributed by atoms with Crippen molar-refractivity contribution in [2.24, 2.45) is 0 Å². The van der Waals surface area contributed by atoms with Gasteiger partial charge < -0.3 is 20.4 Å². The number of hydrogen-bond donors (Lipinski definition) is 2. The minimum atomic E-state index is 0.710. The first-order chi connectivity index (χ1) is 11.7. The van der Waals surface area contributed by atoms with E-state index < -0.39 is 0 Å². The van der Waals surface area contributed by atoms with Gasteiger partial charge in [-0.25, -0.2) is 9.97 Å². The molecule has 0 atom stereocenters. The van der Waals surface area contributed by atoms with E-state index >= 15 is 0 Å². The molecule has 3 rings (SSSR count). The number of rotatable bonds is 5. The average Bonchev–Trinajstić information content (AvgIpc) is 2.62. The molecule has 6 nitrogen and oxygen atoms in total. The van der Waals surface area contributed by atoms with Gasteiger partial charge in [0.1, 0.15) is 18.0 Å². The van der Waals surface area contributed by atoms with Gasteiger partial charge in [-0.15, -0.1) is 0 Å². The second kappa shape index (κ2) is 7.49. The standard InChI is InChI=1S/C18H26N6/c1-19-17-12-18(21-13-20-17)22-14-4-6-16(7-5-14)24-10-8-15(9-11-24)23(2)3/h4-7,12-13,15H,8-11H2,1-3H3,(H2,19,20,21,22). The average molecular weight is 326 g/mol. The molecule has 2 aromatic rings. The molecule has 1 aromatic heterocycles. The molecule has 0 spiro atoms. The van der Waals surface area contributed by atoms with E-state index in [1.165, 1.54) is 18.5 Å². The summed E-state index contributed by atoms with van der Waals surface area (Å²) in [5, 5.41) is 6.33. The number of nitrogens with zero attached hydrogens (tertiary/aromatic N) is 4. The van der Waals surface area contributed by atoms with Gasteiger partial charge in [0, 0.05) is 43.6 Å². The molecule has 0 aliphatic carbocycles. The highest BCUT2D eigenvalue weighted by molar-refractivity contribution is 5.62. The van der Waals surface area contributed by atoms with Crippen LogP contribution < -0.4 is 15.5 Å². The number of nitrogens with one attached hydrogen (secondary N) is 2. The minimum Gasteiger partial charge on any atom is -0.373 e. The third kappa shape index (κ3) is 3.94. The Morgan fingerprint density at radius 1 is 1.04 bits per heavy atom. The van der Waals surface area contributed by atoms with Gasteiger partial charge in [-0.05, 0) is 51.2 Å². The lowest BCUT2D eigenvalue weighted by molar-refractivity contribution is 0.249. The van der Waals surface area contributed by atoms with Crippen LogP contribution >= 0.6 is 0 Å². The zero-order chi connectivity index (χ0) is 16.9. The van der Waals surface area contributed by atoms with Crippen LogP contribution in [0.25, 0.3) is 0 Å². The van der Waals surface area contributed by atoms with Crippen molar-refractivity contribution in [3.8, 4) is 0 Å². The Bertz CT molecular complexity index is 647. The smallest absolute Gasteiger partial charge is 0.135 e. The summed E-state index contributed by atoms with van der Waals surface area (Å²) < 4.78 is 0. The highest BCUT2D eigenvalue weighted by atomic mass is 15.2. The Morgan fingerprint density at radius 2 is 1.71 bits per heavy atom. The van der Waals surface area contributed by atoms with E-state index in [0.29, 0.717) is 6.04 Å². The Hall–Kier alpha value is -2.34. The predicted molar refractivity (Wildman–Crippen MR) is 100 cm³/mol. The van der Waals surface area contributed by atoms with Crippen LogP contribution in [0.4, 0.5) is 23.0 Å². The van der Waals surface area contributed by atoms with E-state index in [1.807, 2.05) is 13.1 Å². The molecular weight excluding hydrogens is 300 g/mol. The van der Waals surface area contributed by atoms with Crippen molar-refractivity contribution in [1.29, 1.82) is 0 Å². The van der Waals surface area contributed by atoms with Gasteiger partial charge in [-0.1, -0.05) is 0 Å². The zero-order valence-electron chi connectivity index (χ0n) is 14.7. The quantitative estimate of drug-likeness (QED) is 0.881. The fourth-order valence-electron chi connectivity index (χ4n) is 3.11. The van der Waals surface area contributed by atoms with Crippen LogP contribution in [0, 0.1) is 0 Å². The summed E-state index contributed by atoms with van der Waals surface area (Å²) in [4.78, 5) is 13.2. The van der Waals surface area contributed by atoms with Gasteiger partial charge in [-0.3, -0.25) is 0 Å². The van der Waals surface area contributed by atoms with Gasteiger partial charge in [0.25, 0.3) is 0 Å². The molecule has 0 saturated carbocycles. The molecule has 1 aliphatic heterocycles. The summed E-state index contributed by atoms with van der Waals surface area (Å²) in [5.74, 6) is 1.58. The summed E-state index contributed by atoms with van der Waals surface area (Å²) in [7, 11) is 6.20. The maximum Gasteiger partial charge on any atom is 0.135 e. The Kier molecular flexibility index (Phi) is 5.15. The minimum absolute atomic E-state index is 0.710. The summed E-state index contributed by atoms with van der Waals surface area (Å²) >= 11 is 0. The van der Waals surface area contributed by atoms with Crippen molar-refractivity contribution in [2.45, 2.75) is 18.9 Å². The normalized spacial score (nSPS) is 15.6. The van der Waals surface area contributed by atoms with Crippen LogP contribution in [0.15, 0.2) is 36.7 Å². The van der Waals surface area contributed by atoms with Crippen LogP contribution in [-0.4, -0.2) is 55.1 Å². The second-order valence-corrected chi connectivity index (χ2v) is 6.39. The van der Waals surface area contributed by atoms with E-state index in [0.717, 1.165) is 30.4 Å². The third-order valence-corrected chi connectivity index (χ3v) is 4.62. The van der Waals surface area contributed by atoms with Crippen molar-refractivity contribution in [3.63, 3.8) is 0 Å². The van der Waals surface area contributed by atoms with E-state index in [9.17, 15) is 0 Å². The van der Waals surface area contributed by atoms with Crippen molar-refractivity contribution >= 4 is 23.0 Å². The Labute approximate surface area is 143 Å². The molecule has 0 amide bonds. The van der Waals surface area contributed by atoms with Crippen molar-refractivity contribution < 1.29 is 0 Å².